The van der Waals surface area contributed by atoms with Crippen LogP contribution >= 0.6 is 11.6 Å². The van der Waals surface area contributed by atoms with Crippen LogP contribution in [0.15, 0.2) is 47.6 Å². The molecule has 0 aromatic heterocycles. The zero-order valence-corrected chi connectivity index (χ0v) is 16.6. The van der Waals surface area contributed by atoms with E-state index >= 15 is 0 Å². The van der Waals surface area contributed by atoms with Gasteiger partial charge < -0.3 is 19.2 Å². The Labute approximate surface area is 174 Å². The van der Waals surface area contributed by atoms with Crippen LogP contribution in [0.2, 0.25) is 5.02 Å². The van der Waals surface area contributed by atoms with Crippen molar-refractivity contribution in [2.45, 2.75) is 31.9 Å². The second-order valence-corrected chi connectivity index (χ2v) is 8.10. The van der Waals surface area contributed by atoms with E-state index in [4.69, 9.17) is 25.9 Å². The van der Waals surface area contributed by atoms with Gasteiger partial charge in [0.1, 0.15) is 0 Å². The summed E-state index contributed by atoms with van der Waals surface area (Å²) in [5, 5.41) is 4.94. The van der Waals surface area contributed by atoms with Gasteiger partial charge in [-0.15, -0.1) is 0 Å². The predicted molar refractivity (Wildman–Crippen MR) is 108 cm³/mol. The molecule has 1 atom stereocenters. The molecule has 1 saturated carbocycles. The lowest BCUT2D eigenvalue weighted by Gasteiger charge is -2.25. The summed E-state index contributed by atoms with van der Waals surface area (Å²) in [5.74, 6) is 1.79. The largest absolute Gasteiger partial charge is 0.454 e. The Balaban J connectivity index is 1.27. The van der Waals surface area contributed by atoms with E-state index in [1.54, 1.807) is 0 Å². The van der Waals surface area contributed by atoms with Crippen LogP contribution in [0.5, 0.6) is 11.5 Å². The number of fused-ring (bicyclic) bond motifs is 1. The zero-order chi connectivity index (χ0) is 19.8. The second kappa shape index (κ2) is 7.59. The molecular weight excluding hydrogens is 392 g/mol. The molecule has 2 heterocycles. The van der Waals surface area contributed by atoms with Gasteiger partial charge in [-0.05, 0) is 48.7 Å². The number of rotatable bonds is 6. The monoisotopic (exact) mass is 412 g/mol. The maximum atomic E-state index is 12.8. The SMILES string of the molecule is O=C(C1CC1)N(Cc1cccc(Cl)c1)CC1CC(c2ccc3c(c2)OCO3)=NO1. The molecule has 29 heavy (non-hydrogen) atoms. The fourth-order valence-corrected chi connectivity index (χ4v) is 3.91. The number of halogens is 1. The molecule has 0 spiro atoms. The number of ether oxygens (including phenoxy) is 2. The van der Waals surface area contributed by atoms with Gasteiger partial charge in [-0.25, -0.2) is 0 Å². The molecule has 0 bridgehead atoms. The average molecular weight is 413 g/mol. The summed E-state index contributed by atoms with van der Waals surface area (Å²) in [4.78, 5) is 20.4. The van der Waals surface area contributed by atoms with E-state index in [0.29, 0.717) is 24.5 Å². The van der Waals surface area contributed by atoms with Crippen molar-refractivity contribution in [2.75, 3.05) is 13.3 Å². The fourth-order valence-electron chi connectivity index (χ4n) is 3.70. The molecule has 0 saturated heterocycles. The molecule has 3 aliphatic rings. The van der Waals surface area contributed by atoms with Gasteiger partial charge in [-0.2, -0.15) is 0 Å². The number of oxime groups is 1. The summed E-state index contributed by atoms with van der Waals surface area (Å²) in [7, 11) is 0. The van der Waals surface area contributed by atoms with Crippen molar-refractivity contribution in [3.05, 3.63) is 58.6 Å². The Hall–Kier alpha value is -2.73. The number of benzene rings is 2. The van der Waals surface area contributed by atoms with Crippen molar-refractivity contribution in [3.63, 3.8) is 0 Å². The maximum Gasteiger partial charge on any atom is 0.231 e. The lowest BCUT2D eigenvalue weighted by molar-refractivity contribution is -0.135. The number of nitrogens with zero attached hydrogens (tertiary/aromatic N) is 2. The minimum Gasteiger partial charge on any atom is -0.454 e. The van der Waals surface area contributed by atoms with Crippen molar-refractivity contribution < 1.29 is 19.1 Å². The Bertz CT molecular complexity index is 973. The highest BCUT2D eigenvalue weighted by molar-refractivity contribution is 6.30. The molecule has 6 nitrogen and oxygen atoms in total. The van der Waals surface area contributed by atoms with E-state index in [1.807, 2.05) is 47.4 Å². The highest BCUT2D eigenvalue weighted by atomic mass is 35.5. The van der Waals surface area contributed by atoms with Gasteiger partial charge in [0, 0.05) is 29.5 Å². The molecule has 2 aromatic rings. The van der Waals surface area contributed by atoms with Crippen LogP contribution in [0.25, 0.3) is 0 Å². The van der Waals surface area contributed by atoms with Gasteiger partial charge in [0.25, 0.3) is 0 Å². The van der Waals surface area contributed by atoms with Crippen LogP contribution in [0.1, 0.15) is 30.4 Å². The molecule has 1 aliphatic carbocycles. The van der Waals surface area contributed by atoms with E-state index in [-0.39, 0.29) is 24.7 Å². The highest BCUT2D eigenvalue weighted by Gasteiger charge is 2.35. The van der Waals surface area contributed by atoms with Crippen molar-refractivity contribution in [1.82, 2.24) is 4.90 Å². The number of carbonyl (C=O) groups excluding carboxylic acids is 1. The van der Waals surface area contributed by atoms with Gasteiger partial charge in [0.2, 0.25) is 12.7 Å². The Morgan fingerprint density at radius 3 is 2.83 bits per heavy atom. The van der Waals surface area contributed by atoms with Crippen molar-refractivity contribution in [1.29, 1.82) is 0 Å². The minimum absolute atomic E-state index is 0.143. The molecule has 1 amide bonds. The quantitative estimate of drug-likeness (QED) is 0.719. The third-order valence-electron chi connectivity index (χ3n) is 5.36. The lowest BCUT2D eigenvalue weighted by atomic mass is 10.0. The average Bonchev–Trinajstić information content (AvgIpc) is 3.28. The first-order chi connectivity index (χ1) is 14.2. The van der Waals surface area contributed by atoms with E-state index in [2.05, 4.69) is 5.16 Å². The van der Waals surface area contributed by atoms with Crippen LogP contribution in [0.4, 0.5) is 0 Å². The van der Waals surface area contributed by atoms with E-state index in [9.17, 15) is 4.79 Å². The molecule has 7 heteroatoms. The number of hydrogen-bond donors (Lipinski definition) is 0. The standard InChI is InChI=1S/C22H21ClN2O4/c23-17-3-1-2-14(8-17)11-25(22(26)15-4-5-15)12-18-10-19(24-29-18)16-6-7-20-21(9-16)28-13-27-20/h1-3,6-9,15,18H,4-5,10-13H2. The summed E-state index contributed by atoms with van der Waals surface area (Å²) >= 11 is 6.11. The second-order valence-electron chi connectivity index (χ2n) is 7.66. The molecule has 1 unspecified atom stereocenters. The smallest absolute Gasteiger partial charge is 0.231 e. The van der Waals surface area contributed by atoms with Crippen LogP contribution in [0.3, 0.4) is 0 Å². The molecular formula is C22H21ClN2O4. The van der Waals surface area contributed by atoms with Crippen LogP contribution in [-0.4, -0.2) is 36.0 Å². The first-order valence-corrected chi connectivity index (χ1v) is 10.2. The normalized spacial score (nSPS) is 19.6. The molecule has 5 rings (SSSR count). The molecule has 1 fully saturated rings. The Kier molecular flexibility index (Phi) is 4.79. The lowest BCUT2D eigenvalue weighted by Crippen LogP contribution is -2.38. The highest BCUT2D eigenvalue weighted by Crippen LogP contribution is 2.34. The first-order valence-electron chi connectivity index (χ1n) is 9.81. The van der Waals surface area contributed by atoms with Crippen LogP contribution in [-0.2, 0) is 16.2 Å². The van der Waals surface area contributed by atoms with Gasteiger partial charge >= 0.3 is 0 Å². The molecule has 2 aromatic carbocycles. The Morgan fingerprint density at radius 2 is 2.00 bits per heavy atom. The fraction of sp³-hybridized carbons (Fsp3) is 0.364. The summed E-state index contributed by atoms with van der Waals surface area (Å²) in [6.45, 7) is 1.26. The minimum atomic E-state index is -0.169. The topological polar surface area (TPSA) is 60.4 Å². The van der Waals surface area contributed by atoms with Crippen molar-refractivity contribution in [2.24, 2.45) is 11.1 Å². The molecule has 2 aliphatic heterocycles. The van der Waals surface area contributed by atoms with Crippen LogP contribution < -0.4 is 9.47 Å². The Morgan fingerprint density at radius 1 is 1.14 bits per heavy atom. The van der Waals surface area contributed by atoms with E-state index in [1.165, 1.54) is 0 Å². The molecule has 0 N–H and O–H groups in total. The molecule has 0 radical (unpaired) electrons. The van der Waals surface area contributed by atoms with Crippen LogP contribution in [0, 0.1) is 5.92 Å². The van der Waals surface area contributed by atoms with Gasteiger partial charge in [-0.3, -0.25) is 4.79 Å². The van der Waals surface area contributed by atoms with E-state index in [0.717, 1.165) is 41.2 Å². The van der Waals surface area contributed by atoms with Gasteiger partial charge in [0.05, 0.1) is 12.3 Å². The van der Waals surface area contributed by atoms with Gasteiger partial charge in [-0.1, -0.05) is 28.9 Å². The summed E-state index contributed by atoms with van der Waals surface area (Å²) in [5.41, 5.74) is 2.82. The van der Waals surface area contributed by atoms with E-state index < -0.39 is 0 Å². The molecule has 150 valence electrons. The van der Waals surface area contributed by atoms with Gasteiger partial charge in [0.15, 0.2) is 17.6 Å². The number of hydrogen-bond acceptors (Lipinski definition) is 5. The zero-order valence-electron chi connectivity index (χ0n) is 15.8. The number of carbonyl (C=O) groups is 1. The third kappa shape index (κ3) is 4.03. The van der Waals surface area contributed by atoms with Crippen molar-refractivity contribution in [3.8, 4) is 11.5 Å². The number of amides is 1. The third-order valence-corrected chi connectivity index (χ3v) is 5.60. The summed E-state index contributed by atoms with van der Waals surface area (Å²) < 4.78 is 10.8. The maximum absolute atomic E-state index is 12.8. The summed E-state index contributed by atoms with van der Waals surface area (Å²) in [6, 6.07) is 13.4. The van der Waals surface area contributed by atoms with Crippen molar-refractivity contribution >= 4 is 23.2 Å². The summed E-state index contributed by atoms with van der Waals surface area (Å²) in [6.07, 6.45) is 2.41. The first kappa shape index (κ1) is 18.3. The predicted octanol–water partition coefficient (Wildman–Crippen LogP) is 4.00.